The third-order valence-corrected chi connectivity index (χ3v) is 4.19. The maximum absolute atomic E-state index is 12.1. The first kappa shape index (κ1) is 13.4. The second-order valence-electron chi connectivity index (χ2n) is 5.95. The quantitative estimate of drug-likeness (QED) is 0.629. The predicted molar refractivity (Wildman–Crippen MR) is 68.0 cm³/mol. The average Bonchev–Trinajstić information content (AvgIpc) is 2.47. The van der Waals surface area contributed by atoms with Crippen molar-refractivity contribution in [1.29, 1.82) is 0 Å². The number of rotatable bonds is 0. The van der Waals surface area contributed by atoms with Gasteiger partial charge in [-0.2, -0.15) is 8.42 Å². The van der Waals surface area contributed by atoms with Crippen LogP contribution in [0.15, 0.2) is 0 Å². The molecule has 2 bridgehead atoms. The van der Waals surface area contributed by atoms with Gasteiger partial charge >= 0.3 is 6.09 Å². The van der Waals surface area contributed by atoms with Crippen molar-refractivity contribution in [3.05, 3.63) is 0 Å². The van der Waals surface area contributed by atoms with Gasteiger partial charge < -0.3 is 9.64 Å². The van der Waals surface area contributed by atoms with Crippen LogP contribution in [-0.2, 0) is 15.0 Å². The smallest absolute Gasteiger partial charge is 0.410 e. The summed E-state index contributed by atoms with van der Waals surface area (Å²) in [4.78, 5) is 14.4. The molecule has 2 aliphatic heterocycles. The van der Waals surface area contributed by atoms with Crippen LogP contribution in [-0.4, -0.2) is 42.0 Å². The van der Waals surface area contributed by atoms with E-state index in [4.69, 9.17) is 4.74 Å². The summed E-state index contributed by atoms with van der Waals surface area (Å²) < 4.78 is 27.4. The van der Waals surface area contributed by atoms with Gasteiger partial charge in [0, 0.05) is 24.9 Å². The topological polar surface area (TPSA) is 63.7 Å². The van der Waals surface area contributed by atoms with Crippen LogP contribution in [0.4, 0.5) is 4.79 Å². The molecule has 0 saturated carbocycles. The molecule has 0 aromatic carbocycles. The lowest BCUT2D eigenvalue weighted by molar-refractivity contribution is 0.0139. The zero-order valence-electron chi connectivity index (χ0n) is 11.0. The maximum atomic E-state index is 12.1. The highest BCUT2D eigenvalue weighted by Crippen LogP contribution is 2.35. The minimum absolute atomic E-state index is 0.00787. The van der Waals surface area contributed by atoms with Crippen molar-refractivity contribution in [2.24, 2.45) is 0 Å². The fraction of sp³-hybridized carbons (Fsp3) is 0.833. The van der Waals surface area contributed by atoms with Crippen LogP contribution in [0.3, 0.4) is 0 Å². The van der Waals surface area contributed by atoms with Crippen molar-refractivity contribution in [2.75, 3.05) is 0 Å². The van der Waals surface area contributed by atoms with E-state index in [2.05, 4.69) is 0 Å². The molecule has 1 amide bonds. The standard InChI is InChI=1S/C12H19NO4S/c1-12(2,3)17-11(14)13-8-4-5-9(13)7-10(6-8)18(15)16/h8-9H,4-7H2,1-3H3. The van der Waals surface area contributed by atoms with E-state index in [1.807, 2.05) is 20.8 Å². The molecule has 2 fully saturated rings. The van der Waals surface area contributed by atoms with E-state index in [0.717, 1.165) is 12.8 Å². The zero-order valence-corrected chi connectivity index (χ0v) is 11.8. The number of fused-ring (bicyclic) bond motifs is 2. The van der Waals surface area contributed by atoms with Gasteiger partial charge in [-0.3, -0.25) is 0 Å². The molecule has 6 heteroatoms. The molecule has 18 heavy (non-hydrogen) atoms. The van der Waals surface area contributed by atoms with Crippen LogP contribution in [0.25, 0.3) is 0 Å². The van der Waals surface area contributed by atoms with Crippen molar-refractivity contribution < 1.29 is 17.9 Å². The van der Waals surface area contributed by atoms with Crippen LogP contribution in [0.5, 0.6) is 0 Å². The van der Waals surface area contributed by atoms with Crippen LogP contribution in [0, 0.1) is 0 Å². The van der Waals surface area contributed by atoms with Crippen molar-refractivity contribution in [3.8, 4) is 0 Å². The normalized spacial score (nSPS) is 27.3. The molecule has 0 aliphatic carbocycles. The largest absolute Gasteiger partial charge is 0.444 e. The Balaban J connectivity index is 2.14. The summed E-state index contributed by atoms with van der Waals surface area (Å²) in [6.07, 6.45) is 2.35. The Morgan fingerprint density at radius 3 is 2.11 bits per heavy atom. The molecule has 2 heterocycles. The van der Waals surface area contributed by atoms with Gasteiger partial charge in [0.15, 0.2) is 0 Å². The number of piperidine rings is 1. The van der Waals surface area contributed by atoms with Crippen molar-refractivity contribution in [1.82, 2.24) is 4.90 Å². The summed E-state index contributed by atoms with van der Waals surface area (Å²) in [6.45, 7) is 5.50. The Morgan fingerprint density at radius 1 is 1.22 bits per heavy atom. The van der Waals surface area contributed by atoms with E-state index in [9.17, 15) is 13.2 Å². The van der Waals surface area contributed by atoms with E-state index in [1.54, 1.807) is 4.90 Å². The lowest BCUT2D eigenvalue weighted by atomic mass is 10.0. The van der Waals surface area contributed by atoms with Crippen LogP contribution >= 0.6 is 0 Å². The van der Waals surface area contributed by atoms with E-state index in [0.29, 0.717) is 17.7 Å². The third-order valence-electron chi connectivity index (χ3n) is 3.39. The van der Waals surface area contributed by atoms with Crippen molar-refractivity contribution in [2.45, 2.75) is 64.1 Å². The molecule has 2 unspecified atom stereocenters. The fourth-order valence-electron chi connectivity index (χ4n) is 2.72. The lowest BCUT2D eigenvalue weighted by Crippen LogP contribution is -2.48. The second kappa shape index (κ2) is 4.57. The Morgan fingerprint density at radius 2 is 1.72 bits per heavy atom. The maximum Gasteiger partial charge on any atom is 0.410 e. The average molecular weight is 273 g/mol. The van der Waals surface area contributed by atoms with Crippen molar-refractivity contribution >= 4 is 21.3 Å². The lowest BCUT2D eigenvalue weighted by Gasteiger charge is -2.36. The molecular formula is C12H19NO4S. The second-order valence-corrected chi connectivity index (χ2v) is 7.00. The number of carbonyl (C=O) groups is 1. The molecule has 102 valence electrons. The Hall–Kier alpha value is -1.04. The highest BCUT2D eigenvalue weighted by Gasteiger charge is 2.43. The monoisotopic (exact) mass is 273 g/mol. The van der Waals surface area contributed by atoms with Gasteiger partial charge in [0.1, 0.15) is 5.60 Å². The van der Waals surface area contributed by atoms with E-state index in [1.165, 1.54) is 0 Å². The molecule has 2 atom stereocenters. The first-order valence-electron chi connectivity index (χ1n) is 6.23. The van der Waals surface area contributed by atoms with Gasteiger partial charge in [0.05, 0.1) is 4.86 Å². The number of ether oxygens (including phenoxy) is 1. The number of nitrogens with zero attached hydrogens (tertiary/aromatic N) is 1. The highest BCUT2D eigenvalue weighted by atomic mass is 32.2. The van der Waals surface area contributed by atoms with Crippen LogP contribution < -0.4 is 0 Å². The SMILES string of the molecule is CC(C)(C)OC(=O)N1C2CCC1CC(=S(=O)=O)C2. The molecule has 2 aliphatic rings. The molecular weight excluding hydrogens is 254 g/mol. The molecule has 2 saturated heterocycles. The van der Waals surface area contributed by atoms with Crippen LogP contribution in [0.2, 0.25) is 0 Å². The number of amides is 1. The molecule has 5 nitrogen and oxygen atoms in total. The highest BCUT2D eigenvalue weighted by molar-refractivity contribution is 7.73. The summed E-state index contributed by atoms with van der Waals surface area (Å²) in [5, 5.41) is 0. The van der Waals surface area contributed by atoms with Gasteiger partial charge in [-0.15, -0.1) is 0 Å². The number of carbonyl (C=O) groups excluding carboxylic acids is 1. The van der Waals surface area contributed by atoms with E-state index >= 15 is 0 Å². The predicted octanol–water partition coefficient (Wildman–Crippen LogP) is 1.60. The van der Waals surface area contributed by atoms with Gasteiger partial charge in [-0.1, -0.05) is 0 Å². The zero-order chi connectivity index (χ0) is 13.5. The summed E-state index contributed by atoms with van der Waals surface area (Å²) in [6, 6.07) is -0.0157. The van der Waals surface area contributed by atoms with Crippen LogP contribution in [0.1, 0.15) is 46.5 Å². The summed E-state index contributed by atoms with van der Waals surface area (Å²) in [7, 11) is -2.11. The van der Waals surface area contributed by atoms with E-state index in [-0.39, 0.29) is 18.2 Å². The summed E-state index contributed by atoms with van der Waals surface area (Å²) in [5.41, 5.74) is -0.512. The van der Waals surface area contributed by atoms with Gasteiger partial charge in [0.2, 0.25) is 10.3 Å². The minimum atomic E-state index is -2.11. The Bertz CT molecular complexity index is 465. The summed E-state index contributed by atoms with van der Waals surface area (Å²) >= 11 is 0. The molecule has 0 N–H and O–H groups in total. The molecule has 2 rings (SSSR count). The molecule has 0 aromatic heterocycles. The minimum Gasteiger partial charge on any atom is -0.444 e. The summed E-state index contributed by atoms with van der Waals surface area (Å²) in [5.74, 6) is 0. The Labute approximate surface area is 109 Å². The first-order valence-corrected chi connectivity index (χ1v) is 7.30. The number of hydrogen-bond donors (Lipinski definition) is 0. The van der Waals surface area contributed by atoms with Gasteiger partial charge in [0.25, 0.3) is 0 Å². The molecule has 0 spiro atoms. The van der Waals surface area contributed by atoms with Gasteiger partial charge in [-0.05, 0) is 33.6 Å². The van der Waals surface area contributed by atoms with Gasteiger partial charge in [-0.25, -0.2) is 4.79 Å². The molecule has 0 aromatic rings. The van der Waals surface area contributed by atoms with Crippen molar-refractivity contribution in [3.63, 3.8) is 0 Å². The van der Waals surface area contributed by atoms with E-state index < -0.39 is 15.9 Å². The first-order chi connectivity index (χ1) is 8.28. The molecule has 0 radical (unpaired) electrons. The Kier molecular flexibility index (Phi) is 3.40. The number of hydrogen-bond acceptors (Lipinski definition) is 4. The third kappa shape index (κ3) is 2.68. The fourth-order valence-corrected chi connectivity index (χ4v) is 3.38.